The highest BCUT2D eigenvalue weighted by Gasteiger charge is 2.23. The van der Waals surface area contributed by atoms with Gasteiger partial charge in [0.05, 0.1) is 22.8 Å². The van der Waals surface area contributed by atoms with Crippen molar-refractivity contribution in [2.75, 3.05) is 38.2 Å². The zero-order valence-corrected chi connectivity index (χ0v) is 16.1. The molecule has 0 unspecified atom stereocenters. The Morgan fingerprint density at radius 1 is 1.04 bits per heavy atom. The van der Waals surface area contributed by atoms with Gasteiger partial charge in [0.25, 0.3) is 0 Å². The van der Waals surface area contributed by atoms with Crippen molar-refractivity contribution in [2.24, 2.45) is 0 Å². The van der Waals surface area contributed by atoms with Crippen molar-refractivity contribution in [3.63, 3.8) is 0 Å². The minimum atomic E-state index is -0.0641. The van der Waals surface area contributed by atoms with Crippen LogP contribution in [0.1, 0.15) is 5.56 Å². The molecule has 1 aliphatic heterocycles. The summed E-state index contributed by atoms with van der Waals surface area (Å²) >= 11 is 12.5. The van der Waals surface area contributed by atoms with Crippen LogP contribution < -0.4 is 15.0 Å². The molecule has 0 aromatic heterocycles. The number of rotatable bonds is 4. The van der Waals surface area contributed by atoms with E-state index in [4.69, 9.17) is 27.9 Å². The smallest absolute Gasteiger partial charge is 0.317 e. The van der Waals surface area contributed by atoms with E-state index in [2.05, 4.69) is 10.2 Å². The molecule has 1 aliphatic rings. The van der Waals surface area contributed by atoms with E-state index in [0.717, 1.165) is 17.0 Å². The number of amides is 2. The average molecular weight is 394 g/mol. The predicted molar refractivity (Wildman–Crippen MR) is 105 cm³/mol. The van der Waals surface area contributed by atoms with Crippen LogP contribution in [0.4, 0.5) is 10.5 Å². The zero-order valence-electron chi connectivity index (χ0n) is 14.5. The van der Waals surface area contributed by atoms with Crippen LogP contribution in [0, 0.1) is 0 Å². The molecular formula is C19H21Cl2N3O2. The number of para-hydroxylation sites is 1. The van der Waals surface area contributed by atoms with Crippen LogP contribution in [0.25, 0.3) is 0 Å². The summed E-state index contributed by atoms with van der Waals surface area (Å²) in [4.78, 5) is 16.3. The van der Waals surface area contributed by atoms with Crippen molar-refractivity contribution >= 4 is 34.9 Å². The number of methoxy groups -OCH3 is 1. The number of nitrogens with zero attached hydrogens (tertiary/aromatic N) is 2. The van der Waals surface area contributed by atoms with E-state index in [1.54, 1.807) is 7.11 Å². The van der Waals surface area contributed by atoms with Gasteiger partial charge >= 0.3 is 6.03 Å². The van der Waals surface area contributed by atoms with E-state index in [0.29, 0.717) is 42.8 Å². The lowest BCUT2D eigenvalue weighted by molar-refractivity contribution is 0.194. The Balaban J connectivity index is 1.51. The second-order valence-corrected chi connectivity index (χ2v) is 6.87. The quantitative estimate of drug-likeness (QED) is 0.852. The fraction of sp³-hybridized carbons (Fsp3) is 0.316. The monoisotopic (exact) mass is 393 g/mol. The average Bonchev–Trinajstić information content (AvgIpc) is 2.67. The summed E-state index contributed by atoms with van der Waals surface area (Å²) in [5.41, 5.74) is 1.87. The van der Waals surface area contributed by atoms with Crippen LogP contribution in [0.15, 0.2) is 42.5 Å². The first kappa shape index (κ1) is 18.7. The maximum atomic E-state index is 12.4. The molecule has 0 radical (unpaired) electrons. The van der Waals surface area contributed by atoms with Crippen molar-refractivity contribution in [3.05, 3.63) is 58.1 Å². The van der Waals surface area contributed by atoms with Gasteiger partial charge < -0.3 is 19.9 Å². The lowest BCUT2D eigenvalue weighted by Gasteiger charge is -2.36. The molecule has 7 heteroatoms. The molecule has 0 saturated carbocycles. The molecule has 1 N–H and O–H groups in total. The van der Waals surface area contributed by atoms with Gasteiger partial charge in [-0.25, -0.2) is 4.79 Å². The Kier molecular flexibility index (Phi) is 6.12. The molecular weight excluding hydrogens is 373 g/mol. The largest absolute Gasteiger partial charge is 0.497 e. The molecule has 1 fully saturated rings. The van der Waals surface area contributed by atoms with Crippen molar-refractivity contribution in [1.29, 1.82) is 0 Å². The highest BCUT2D eigenvalue weighted by atomic mass is 35.5. The number of halogens is 2. The number of piperazine rings is 1. The molecule has 2 amide bonds. The molecule has 26 heavy (non-hydrogen) atoms. The van der Waals surface area contributed by atoms with Crippen LogP contribution in [0.2, 0.25) is 10.0 Å². The highest BCUT2D eigenvalue weighted by molar-refractivity contribution is 6.39. The van der Waals surface area contributed by atoms with E-state index in [-0.39, 0.29) is 6.03 Å². The molecule has 2 aromatic rings. The van der Waals surface area contributed by atoms with Gasteiger partial charge in [0.1, 0.15) is 5.75 Å². The lowest BCUT2D eigenvalue weighted by atomic mass is 10.2. The van der Waals surface area contributed by atoms with Gasteiger partial charge in [-0.2, -0.15) is 0 Å². The molecule has 0 bridgehead atoms. The van der Waals surface area contributed by atoms with E-state index in [1.165, 1.54) is 0 Å². The number of ether oxygens (including phenoxy) is 1. The maximum absolute atomic E-state index is 12.4. The molecule has 0 aliphatic carbocycles. The van der Waals surface area contributed by atoms with Gasteiger partial charge in [-0.05, 0) is 29.8 Å². The summed E-state index contributed by atoms with van der Waals surface area (Å²) in [7, 11) is 1.63. The topological polar surface area (TPSA) is 44.8 Å². The number of hydrogen-bond acceptors (Lipinski definition) is 3. The lowest BCUT2D eigenvalue weighted by Crippen LogP contribution is -2.51. The number of anilines is 1. The normalized spacial score (nSPS) is 14.3. The molecule has 1 saturated heterocycles. The SMILES string of the molecule is COc1ccc(CNC(=O)N2CCN(c3c(Cl)cccc3Cl)CC2)cc1. The van der Waals surface area contributed by atoms with Gasteiger partial charge in [0, 0.05) is 32.7 Å². The third-order valence-corrected chi connectivity index (χ3v) is 5.03. The van der Waals surface area contributed by atoms with Gasteiger partial charge in [0.15, 0.2) is 0 Å². The molecule has 138 valence electrons. The van der Waals surface area contributed by atoms with Crippen LogP contribution in [0.5, 0.6) is 5.75 Å². The first-order valence-corrected chi connectivity index (χ1v) is 9.19. The molecule has 0 atom stereocenters. The predicted octanol–water partition coefficient (Wildman–Crippen LogP) is 4.03. The molecule has 1 heterocycles. The molecule has 2 aromatic carbocycles. The fourth-order valence-electron chi connectivity index (χ4n) is 2.96. The van der Waals surface area contributed by atoms with Crippen LogP contribution in [-0.2, 0) is 6.54 Å². The minimum absolute atomic E-state index is 0.0641. The Bertz CT molecular complexity index is 740. The summed E-state index contributed by atoms with van der Waals surface area (Å²) in [5.74, 6) is 0.800. The van der Waals surface area contributed by atoms with Crippen molar-refractivity contribution in [2.45, 2.75) is 6.54 Å². The highest BCUT2D eigenvalue weighted by Crippen LogP contribution is 2.33. The Labute approximate surface area is 163 Å². The number of nitrogens with one attached hydrogen (secondary N) is 1. The molecule has 5 nitrogen and oxygen atoms in total. The standard InChI is InChI=1S/C19H21Cl2N3O2/c1-26-15-7-5-14(6-8-15)13-22-19(25)24-11-9-23(10-12-24)18-16(20)3-2-4-17(18)21/h2-8H,9-13H2,1H3,(H,22,25). The number of urea groups is 1. The summed E-state index contributed by atoms with van der Waals surface area (Å²) in [6, 6.07) is 13.1. The van der Waals surface area contributed by atoms with Crippen LogP contribution >= 0.6 is 23.2 Å². The number of benzene rings is 2. The van der Waals surface area contributed by atoms with Crippen molar-refractivity contribution in [1.82, 2.24) is 10.2 Å². The van der Waals surface area contributed by atoms with Gasteiger partial charge in [-0.3, -0.25) is 0 Å². The summed E-state index contributed by atoms with van der Waals surface area (Å²) < 4.78 is 5.13. The maximum Gasteiger partial charge on any atom is 0.317 e. The summed E-state index contributed by atoms with van der Waals surface area (Å²) in [6.45, 7) is 3.12. The van der Waals surface area contributed by atoms with E-state index >= 15 is 0 Å². The molecule has 0 spiro atoms. The number of hydrogen-bond donors (Lipinski definition) is 1. The van der Waals surface area contributed by atoms with Gasteiger partial charge in [0.2, 0.25) is 0 Å². The summed E-state index contributed by atoms with van der Waals surface area (Å²) in [6.07, 6.45) is 0. The zero-order chi connectivity index (χ0) is 18.5. The fourth-order valence-corrected chi connectivity index (χ4v) is 3.59. The van der Waals surface area contributed by atoms with Gasteiger partial charge in [-0.15, -0.1) is 0 Å². The van der Waals surface area contributed by atoms with Crippen molar-refractivity contribution in [3.8, 4) is 5.75 Å². The van der Waals surface area contributed by atoms with E-state index in [9.17, 15) is 4.79 Å². The van der Waals surface area contributed by atoms with Crippen LogP contribution in [0.3, 0.4) is 0 Å². The summed E-state index contributed by atoms with van der Waals surface area (Å²) in [5, 5.41) is 4.23. The second kappa shape index (κ2) is 8.52. The third-order valence-electron chi connectivity index (χ3n) is 4.42. The Hall–Kier alpha value is -2.11. The Morgan fingerprint density at radius 3 is 2.23 bits per heavy atom. The third kappa shape index (κ3) is 4.34. The molecule has 3 rings (SSSR count). The number of carbonyl (C=O) groups is 1. The Morgan fingerprint density at radius 2 is 1.65 bits per heavy atom. The van der Waals surface area contributed by atoms with Crippen LogP contribution in [-0.4, -0.2) is 44.2 Å². The first-order chi connectivity index (χ1) is 12.6. The van der Waals surface area contributed by atoms with E-state index in [1.807, 2.05) is 47.4 Å². The first-order valence-electron chi connectivity index (χ1n) is 8.43. The van der Waals surface area contributed by atoms with Gasteiger partial charge in [-0.1, -0.05) is 41.4 Å². The second-order valence-electron chi connectivity index (χ2n) is 6.05. The number of carbonyl (C=O) groups excluding carboxylic acids is 1. The van der Waals surface area contributed by atoms with E-state index < -0.39 is 0 Å². The minimum Gasteiger partial charge on any atom is -0.497 e. The van der Waals surface area contributed by atoms with Crippen molar-refractivity contribution < 1.29 is 9.53 Å².